The molecule has 1 heterocycles. The van der Waals surface area contributed by atoms with Gasteiger partial charge in [-0.05, 0) is 12.1 Å². The topological polar surface area (TPSA) is 97.3 Å². The largest absolute Gasteiger partial charge is 0.504 e. The molecule has 0 bridgehead atoms. The molecular weight excluding hydrogens is 242 g/mol. The molecule has 2 rings (SSSR count). The molecule has 0 fully saturated rings. The molecule has 0 radical (unpaired) electrons. The number of ether oxygens (including phenoxy) is 3. The Hall–Kier alpha value is -2.15. The summed E-state index contributed by atoms with van der Waals surface area (Å²) in [5.74, 6) is -0.254. The zero-order chi connectivity index (χ0) is 13.8. The van der Waals surface area contributed by atoms with Crippen LogP contribution in [0.15, 0.2) is 18.2 Å². The molecule has 0 aromatic heterocycles. The fraction of sp³-hybridized carbons (Fsp3) is 0.364. The monoisotopic (exact) mass is 257 g/mol. The minimum absolute atomic E-state index is 0.0540. The highest BCUT2D eigenvalue weighted by Gasteiger charge is 2.38. The van der Waals surface area contributed by atoms with Crippen molar-refractivity contribution in [3.63, 3.8) is 0 Å². The van der Waals surface area contributed by atoms with E-state index in [0.29, 0.717) is 11.5 Å². The summed E-state index contributed by atoms with van der Waals surface area (Å²) in [6.45, 7) is 1.63. The third kappa shape index (κ3) is 3.17. The molecule has 0 aliphatic carbocycles. The quantitative estimate of drug-likeness (QED) is 0.703. The van der Waals surface area contributed by atoms with E-state index in [9.17, 15) is 9.90 Å². The number of fused-ring (bicyclic) bond motifs is 1. The molecule has 1 aliphatic heterocycles. The molecule has 7 nitrogen and oxygen atoms in total. The van der Waals surface area contributed by atoms with E-state index < -0.39 is 12.1 Å². The Kier molecular flexibility index (Phi) is 4.22. The summed E-state index contributed by atoms with van der Waals surface area (Å²) in [6, 6.07) is 4.92. The van der Waals surface area contributed by atoms with Gasteiger partial charge in [0.15, 0.2) is 11.5 Å². The van der Waals surface area contributed by atoms with Crippen molar-refractivity contribution in [3.8, 4) is 17.2 Å². The van der Waals surface area contributed by atoms with E-state index in [4.69, 9.17) is 19.3 Å². The number of nitrogens with one attached hydrogen (secondary N) is 1. The average Bonchev–Trinajstić information content (AvgIpc) is 2.69. The van der Waals surface area contributed by atoms with Crippen LogP contribution in [0.2, 0.25) is 0 Å². The van der Waals surface area contributed by atoms with Gasteiger partial charge in [0.05, 0.1) is 0 Å². The van der Waals surface area contributed by atoms with Crippen molar-refractivity contribution in [2.24, 2.45) is 0 Å². The number of para-hydroxylation sites is 1. The number of rotatable bonds is 1. The van der Waals surface area contributed by atoms with Crippen molar-refractivity contribution >= 4 is 6.09 Å². The van der Waals surface area contributed by atoms with E-state index >= 15 is 0 Å². The van der Waals surface area contributed by atoms with Crippen molar-refractivity contribution in [2.45, 2.75) is 12.9 Å². The van der Waals surface area contributed by atoms with Crippen molar-refractivity contribution in [1.82, 2.24) is 5.32 Å². The second-order valence-corrected chi connectivity index (χ2v) is 3.43. The lowest BCUT2D eigenvalue weighted by Gasteiger charge is -2.19. The van der Waals surface area contributed by atoms with Crippen LogP contribution in [0.1, 0.15) is 6.92 Å². The SMILES string of the molecule is CNC(=O)O.COC1(C)Oc2cccc(O)c2O1. The summed E-state index contributed by atoms with van der Waals surface area (Å²) in [4.78, 5) is 9.26. The molecule has 100 valence electrons. The van der Waals surface area contributed by atoms with E-state index in [1.807, 2.05) is 5.32 Å². The van der Waals surface area contributed by atoms with Crippen LogP contribution in [-0.2, 0) is 4.74 Å². The third-order valence-electron chi connectivity index (χ3n) is 2.13. The van der Waals surface area contributed by atoms with Gasteiger partial charge in [-0.1, -0.05) is 6.07 Å². The Labute approximate surface area is 104 Å². The van der Waals surface area contributed by atoms with E-state index in [-0.39, 0.29) is 5.75 Å². The third-order valence-corrected chi connectivity index (χ3v) is 2.13. The smallest absolute Gasteiger partial charge is 0.404 e. The maximum Gasteiger partial charge on any atom is 0.404 e. The molecule has 1 atom stereocenters. The van der Waals surface area contributed by atoms with Gasteiger partial charge in [0.25, 0.3) is 0 Å². The van der Waals surface area contributed by atoms with Crippen LogP contribution in [0.25, 0.3) is 0 Å². The fourth-order valence-electron chi connectivity index (χ4n) is 1.18. The predicted octanol–water partition coefficient (Wildman–Crippen LogP) is 1.37. The summed E-state index contributed by atoms with van der Waals surface area (Å²) >= 11 is 0. The molecule has 1 aliphatic rings. The van der Waals surface area contributed by atoms with Gasteiger partial charge < -0.3 is 29.7 Å². The van der Waals surface area contributed by atoms with Gasteiger partial charge >= 0.3 is 12.1 Å². The summed E-state index contributed by atoms with van der Waals surface area (Å²) < 4.78 is 15.6. The van der Waals surface area contributed by atoms with Crippen LogP contribution < -0.4 is 14.8 Å². The van der Waals surface area contributed by atoms with Crippen LogP contribution in [-0.4, -0.2) is 36.4 Å². The van der Waals surface area contributed by atoms with Crippen LogP contribution in [0.4, 0.5) is 4.79 Å². The number of hydrogen-bond acceptors (Lipinski definition) is 5. The summed E-state index contributed by atoms with van der Waals surface area (Å²) in [7, 11) is 2.82. The Morgan fingerprint density at radius 1 is 1.44 bits per heavy atom. The van der Waals surface area contributed by atoms with E-state index in [1.165, 1.54) is 20.2 Å². The van der Waals surface area contributed by atoms with Crippen LogP contribution in [0.5, 0.6) is 17.2 Å². The highest BCUT2D eigenvalue weighted by molar-refractivity contribution is 5.63. The average molecular weight is 257 g/mol. The molecule has 1 unspecified atom stereocenters. The first kappa shape index (κ1) is 13.9. The van der Waals surface area contributed by atoms with Gasteiger partial charge in [-0.3, -0.25) is 0 Å². The summed E-state index contributed by atoms with van der Waals surface area (Å²) in [5, 5.41) is 19.0. The lowest BCUT2D eigenvalue weighted by atomic mass is 10.3. The van der Waals surface area contributed by atoms with E-state index in [0.717, 1.165) is 0 Å². The van der Waals surface area contributed by atoms with Gasteiger partial charge in [-0.25, -0.2) is 4.79 Å². The minimum Gasteiger partial charge on any atom is -0.504 e. The van der Waals surface area contributed by atoms with Crippen molar-refractivity contribution in [1.29, 1.82) is 0 Å². The first-order chi connectivity index (χ1) is 8.41. The fourth-order valence-corrected chi connectivity index (χ4v) is 1.18. The van der Waals surface area contributed by atoms with Crippen molar-refractivity contribution < 1.29 is 29.2 Å². The lowest BCUT2D eigenvalue weighted by Crippen LogP contribution is -2.36. The van der Waals surface area contributed by atoms with E-state index in [2.05, 4.69) is 0 Å². The van der Waals surface area contributed by atoms with Gasteiger partial charge in [0, 0.05) is 21.1 Å². The second-order valence-electron chi connectivity index (χ2n) is 3.43. The molecule has 1 aromatic carbocycles. The Balaban J connectivity index is 0.000000280. The number of carbonyl (C=O) groups is 1. The number of carboxylic acid groups (broad SMARTS) is 1. The molecule has 7 heteroatoms. The Morgan fingerprint density at radius 2 is 2.06 bits per heavy atom. The molecule has 18 heavy (non-hydrogen) atoms. The van der Waals surface area contributed by atoms with Crippen molar-refractivity contribution in [3.05, 3.63) is 18.2 Å². The second kappa shape index (κ2) is 5.46. The molecule has 1 amide bonds. The molecule has 0 spiro atoms. The maximum absolute atomic E-state index is 9.40. The number of aromatic hydroxyl groups is 1. The molecule has 3 N–H and O–H groups in total. The minimum atomic E-state index is -1.12. The van der Waals surface area contributed by atoms with E-state index in [1.54, 1.807) is 19.1 Å². The van der Waals surface area contributed by atoms with Crippen LogP contribution >= 0.6 is 0 Å². The van der Waals surface area contributed by atoms with Crippen LogP contribution in [0.3, 0.4) is 0 Å². The zero-order valence-electron chi connectivity index (χ0n) is 10.3. The maximum atomic E-state index is 9.40. The zero-order valence-corrected chi connectivity index (χ0v) is 10.3. The number of phenols is 1. The lowest BCUT2D eigenvalue weighted by molar-refractivity contribution is -0.254. The van der Waals surface area contributed by atoms with Gasteiger partial charge in [0.1, 0.15) is 0 Å². The van der Waals surface area contributed by atoms with Gasteiger partial charge in [0.2, 0.25) is 5.75 Å². The van der Waals surface area contributed by atoms with Gasteiger partial charge in [-0.15, -0.1) is 0 Å². The number of amides is 1. The Morgan fingerprint density at radius 3 is 2.50 bits per heavy atom. The number of phenolic OH excluding ortho intramolecular Hbond substituents is 1. The number of methoxy groups -OCH3 is 1. The molecule has 1 aromatic rings. The molecular formula is C11H15NO6. The van der Waals surface area contributed by atoms with Gasteiger partial charge in [-0.2, -0.15) is 0 Å². The Bertz CT molecular complexity index is 436. The molecule has 0 saturated heterocycles. The normalized spacial score (nSPS) is 19.7. The standard InChI is InChI=1S/C9H10O4.C2H5NO2/c1-9(11-2)12-7-5-3-4-6(10)8(7)13-9;1-3-2(4)5/h3-5,10H,1-2H3;3H,1H3,(H,4,5). The molecule has 0 saturated carbocycles. The van der Waals surface area contributed by atoms with Crippen molar-refractivity contribution in [2.75, 3.05) is 14.2 Å². The first-order valence-electron chi connectivity index (χ1n) is 5.07. The summed E-state index contributed by atoms with van der Waals surface area (Å²) in [5.41, 5.74) is 0. The number of hydrogen-bond donors (Lipinski definition) is 3. The predicted molar refractivity (Wildman–Crippen MR) is 61.9 cm³/mol. The first-order valence-corrected chi connectivity index (χ1v) is 5.07. The highest BCUT2D eigenvalue weighted by atomic mass is 16.9. The summed E-state index contributed by atoms with van der Waals surface area (Å²) in [6.07, 6.45) is -0.995. The van der Waals surface area contributed by atoms with Crippen LogP contribution in [0, 0.1) is 0 Å². The number of benzene rings is 1. The highest BCUT2D eigenvalue weighted by Crippen LogP contribution is 2.45.